The van der Waals surface area contributed by atoms with Crippen LogP contribution < -0.4 is 5.32 Å². The SMILES string of the molecule is CNC(c1cc(Cl)c(Br)cc1F)c1cc(Cl)ccc1Br. The molecule has 1 unspecified atom stereocenters. The lowest BCUT2D eigenvalue weighted by Gasteiger charge is -2.20. The van der Waals surface area contributed by atoms with Crippen LogP contribution in [-0.2, 0) is 0 Å². The predicted molar refractivity (Wildman–Crippen MR) is 89.2 cm³/mol. The summed E-state index contributed by atoms with van der Waals surface area (Å²) in [6.45, 7) is 0. The molecular formula is C14H10Br2Cl2FN. The van der Waals surface area contributed by atoms with Gasteiger partial charge in [0.1, 0.15) is 5.82 Å². The van der Waals surface area contributed by atoms with Gasteiger partial charge < -0.3 is 5.32 Å². The van der Waals surface area contributed by atoms with Crippen molar-refractivity contribution in [1.29, 1.82) is 0 Å². The number of nitrogens with one attached hydrogen (secondary N) is 1. The van der Waals surface area contributed by atoms with Gasteiger partial charge in [-0.2, -0.15) is 0 Å². The molecule has 0 aliphatic rings. The Morgan fingerprint density at radius 1 is 1.05 bits per heavy atom. The molecule has 0 fully saturated rings. The molecular weight excluding hydrogens is 432 g/mol. The molecule has 6 heteroatoms. The summed E-state index contributed by atoms with van der Waals surface area (Å²) in [6, 6.07) is 8.01. The molecule has 0 spiro atoms. The quantitative estimate of drug-likeness (QED) is 0.579. The minimum Gasteiger partial charge on any atom is -0.309 e. The van der Waals surface area contributed by atoms with E-state index in [4.69, 9.17) is 23.2 Å². The van der Waals surface area contributed by atoms with Crippen molar-refractivity contribution >= 4 is 55.1 Å². The Morgan fingerprint density at radius 3 is 2.40 bits per heavy atom. The fourth-order valence-corrected chi connectivity index (χ4v) is 3.12. The Hall–Kier alpha value is -0.130. The number of rotatable bonds is 3. The van der Waals surface area contributed by atoms with Gasteiger partial charge >= 0.3 is 0 Å². The van der Waals surface area contributed by atoms with Crippen molar-refractivity contribution in [3.8, 4) is 0 Å². The summed E-state index contributed by atoms with van der Waals surface area (Å²) in [4.78, 5) is 0. The summed E-state index contributed by atoms with van der Waals surface area (Å²) in [7, 11) is 1.76. The van der Waals surface area contributed by atoms with Crippen molar-refractivity contribution in [1.82, 2.24) is 5.32 Å². The van der Waals surface area contributed by atoms with Crippen LogP contribution in [0, 0.1) is 5.82 Å². The van der Waals surface area contributed by atoms with Crippen LogP contribution in [-0.4, -0.2) is 7.05 Å². The van der Waals surface area contributed by atoms with E-state index in [1.165, 1.54) is 6.07 Å². The Morgan fingerprint density at radius 2 is 1.75 bits per heavy atom. The third kappa shape index (κ3) is 3.37. The summed E-state index contributed by atoms with van der Waals surface area (Å²) < 4.78 is 15.6. The van der Waals surface area contributed by atoms with Gasteiger partial charge in [0.25, 0.3) is 0 Å². The highest BCUT2D eigenvalue weighted by atomic mass is 79.9. The van der Waals surface area contributed by atoms with E-state index in [9.17, 15) is 4.39 Å². The minimum absolute atomic E-state index is 0.340. The van der Waals surface area contributed by atoms with Gasteiger partial charge in [0.05, 0.1) is 11.1 Å². The van der Waals surface area contributed by atoms with Gasteiger partial charge in [-0.15, -0.1) is 0 Å². The van der Waals surface area contributed by atoms with Gasteiger partial charge in [0.2, 0.25) is 0 Å². The van der Waals surface area contributed by atoms with E-state index in [1.807, 2.05) is 6.07 Å². The molecule has 1 nitrogen and oxygen atoms in total. The minimum atomic E-state index is -0.353. The second-order valence-electron chi connectivity index (χ2n) is 4.18. The van der Waals surface area contributed by atoms with Crippen LogP contribution in [0.25, 0.3) is 0 Å². The maximum absolute atomic E-state index is 14.2. The zero-order valence-electron chi connectivity index (χ0n) is 10.4. The summed E-state index contributed by atoms with van der Waals surface area (Å²) >= 11 is 18.8. The molecule has 2 aromatic carbocycles. The second-order valence-corrected chi connectivity index (χ2v) is 6.73. The number of benzene rings is 2. The van der Waals surface area contributed by atoms with E-state index in [0.29, 0.717) is 20.1 Å². The van der Waals surface area contributed by atoms with Crippen molar-refractivity contribution in [3.05, 3.63) is 66.3 Å². The summed E-state index contributed by atoms with van der Waals surface area (Å²) in [5.41, 5.74) is 1.31. The molecule has 2 aromatic rings. The molecule has 0 radical (unpaired) electrons. The first kappa shape index (κ1) is 16.2. The van der Waals surface area contributed by atoms with Crippen molar-refractivity contribution in [2.45, 2.75) is 6.04 Å². The Balaban J connectivity index is 2.58. The van der Waals surface area contributed by atoms with Crippen LogP contribution in [0.4, 0.5) is 4.39 Å². The van der Waals surface area contributed by atoms with E-state index >= 15 is 0 Å². The zero-order valence-corrected chi connectivity index (χ0v) is 15.0. The molecule has 0 aromatic heterocycles. The van der Waals surface area contributed by atoms with E-state index in [-0.39, 0.29) is 11.9 Å². The largest absolute Gasteiger partial charge is 0.309 e. The van der Waals surface area contributed by atoms with Gasteiger partial charge in [-0.1, -0.05) is 39.1 Å². The first-order valence-corrected chi connectivity index (χ1v) is 8.05. The molecule has 20 heavy (non-hydrogen) atoms. The molecule has 0 amide bonds. The normalized spacial score (nSPS) is 12.5. The summed E-state index contributed by atoms with van der Waals surface area (Å²) in [5, 5.41) is 4.14. The van der Waals surface area contributed by atoms with E-state index in [2.05, 4.69) is 37.2 Å². The molecule has 0 bridgehead atoms. The molecule has 0 heterocycles. The van der Waals surface area contributed by atoms with E-state index in [0.717, 1.165) is 10.0 Å². The van der Waals surface area contributed by atoms with E-state index < -0.39 is 0 Å². The van der Waals surface area contributed by atoms with Crippen LogP contribution in [0.3, 0.4) is 0 Å². The fourth-order valence-electron chi connectivity index (χ4n) is 1.97. The highest BCUT2D eigenvalue weighted by Gasteiger charge is 2.20. The van der Waals surface area contributed by atoms with Gasteiger partial charge in [0.15, 0.2) is 0 Å². The highest BCUT2D eigenvalue weighted by molar-refractivity contribution is 9.10. The first-order chi connectivity index (χ1) is 9.43. The van der Waals surface area contributed by atoms with Gasteiger partial charge in [-0.05, 0) is 58.9 Å². The topological polar surface area (TPSA) is 12.0 Å². The van der Waals surface area contributed by atoms with Gasteiger partial charge in [-0.25, -0.2) is 4.39 Å². The van der Waals surface area contributed by atoms with Crippen LogP contribution in [0.5, 0.6) is 0 Å². The number of halogens is 5. The molecule has 106 valence electrons. The van der Waals surface area contributed by atoms with Crippen molar-refractivity contribution < 1.29 is 4.39 Å². The molecule has 1 atom stereocenters. The van der Waals surface area contributed by atoms with Crippen molar-refractivity contribution in [2.24, 2.45) is 0 Å². The van der Waals surface area contributed by atoms with Crippen LogP contribution in [0.1, 0.15) is 17.2 Å². The summed E-state index contributed by atoms with van der Waals surface area (Å²) in [6.07, 6.45) is 0. The number of hydrogen-bond donors (Lipinski definition) is 1. The van der Waals surface area contributed by atoms with Crippen LogP contribution in [0.15, 0.2) is 39.3 Å². The summed E-state index contributed by atoms with van der Waals surface area (Å²) in [5.74, 6) is -0.340. The predicted octanol–water partition coefficient (Wildman–Crippen LogP) is 5.97. The van der Waals surface area contributed by atoms with Crippen molar-refractivity contribution in [2.75, 3.05) is 7.05 Å². The maximum Gasteiger partial charge on any atom is 0.129 e. The molecule has 0 saturated heterocycles. The Bertz CT molecular complexity index is 649. The van der Waals surface area contributed by atoms with E-state index in [1.54, 1.807) is 25.2 Å². The highest BCUT2D eigenvalue weighted by Crippen LogP contribution is 2.35. The monoisotopic (exact) mass is 439 g/mol. The van der Waals surface area contributed by atoms with Crippen LogP contribution >= 0.6 is 55.1 Å². The lowest BCUT2D eigenvalue weighted by atomic mass is 9.98. The third-order valence-electron chi connectivity index (χ3n) is 2.91. The average molecular weight is 442 g/mol. The zero-order chi connectivity index (χ0) is 14.9. The molecule has 0 aliphatic carbocycles. The number of hydrogen-bond acceptors (Lipinski definition) is 1. The Kier molecular flexibility index (Phi) is 5.49. The molecule has 2 rings (SSSR count). The standard InChI is InChI=1S/C14H10Br2Cl2FN/c1-20-14(8-4-7(17)2-3-10(8)15)9-5-12(18)11(16)6-13(9)19/h2-6,14,20H,1H3. The van der Waals surface area contributed by atoms with Gasteiger partial charge in [-0.3, -0.25) is 0 Å². The lowest BCUT2D eigenvalue weighted by Crippen LogP contribution is -2.19. The first-order valence-electron chi connectivity index (χ1n) is 5.70. The molecule has 1 N–H and O–H groups in total. The second kappa shape index (κ2) is 6.75. The smallest absolute Gasteiger partial charge is 0.129 e. The maximum atomic E-state index is 14.2. The van der Waals surface area contributed by atoms with Gasteiger partial charge in [0, 0.05) is 19.5 Å². The Labute approximate surface area is 143 Å². The molecule has 0 saturated carbocycles. The van der Waals surface area contributed by atoms with Crippen LogP contribution in [0.2, 0.25) is 10.0 Å². The average Bonchev–Trinajstić information content (AvgIpc) is 2.40. The lowest BCUT2D eigenvalue weighted by molar-refractivity contribution is 0.575. The third-order valence-corrected chi connectivity index (χ3v) is 5.06. The molecule has 0 aliphatic heterocycles. The fraction of sp³-hybridized carbons (Fsp3) is 0.143. The van der Waals surface area contributed by atoms with Crippen molar-refractivity contribution in [3.63, 3.8) is 0 Å².